The van der Waals surface area contributed by atoms with Crippen LogP contribution < -0.4 is 0 Å². The zero-order valence-corrected chi connectivity index (χ0v) is 9.87. The Morgan fingerprint density at radius 3 is 2.07 bits per heavy atom. The van der Waals surface area contributed by atoms with Gasteiger partial charge in [0.1, 0.15) is 5.41 Å². The highest BCUT2D eigenvalue weighted by molar-refractivity contribution is 5.88. The van der Waals surface area contributed by atoms with Gasteiger partial charge in [0, 0.05) is 21.1 Å². The number of hydrogen-bond acceptors (Lipinski definition) is 3. The highest BCUT2D eigenvalue weighted by Gasteiger charge is 2.31. The molecule has 5 heteroatoms. The van der Waals surface area contributed by atoms with E-state index in [4.69, 9.17) is 5.26 Å². The van der Waals surface area contributed by atoms with Gasteiger partial charge in [-0.15, -0.1) is 0 Å². The van der Waals surface area contributed by atoms with Crippen molar-refractivity contribution in [2.24, 2.45) is 5.41 Å². The monoisotopic (exact) mass is 211 g/mol. The van der Waals surface area contributed by atoms with Crippen LogP contribution in [0.1, 0.15) is 13.8 Å². The summed E-state index contributed by atoms with van der Waals surface area (Å²) in [5.41, 5.74) is -1.08. The molecule has 15 heavy (non-hydrogen) atoms. The summed E-state index contributed by atoms with van der Waals surface area (Å²) < 4.78 is 0. The maximum Gasteiger partial charge on any atom is 0.242 e. The molecule has 0 unspecified atom stereocenters. The molecule has 0 saturated carbocycles. The highest BCUT2D eigenvalue weighted by atomic mass is 16.2. The lowest BCUT2D eigenvalue weighted by Gasteiger charge is -2.24. The van der Waals surface area contributed by atoms with Gasteiger partial charge in [0.25, 0.3) is 0 Å². The van der Waals surface area contributed by atoms with Crippen LogP contribution in [0.2, 0.25) is 0 Å². The molecule has 0 fully saturated rings. The SMILES string of the molecule is CN(C)C(=O)CN(C)C(=O)C(C)(C)C#N. The van der Waals surface area contributed by atoms with Crippen LogP contribution in [0.15, 0.2) is 0 Å². The summed E-state index contributed by atoms with van der Waals surface area (Å²) in [5, 5.41) is 8.76. The van der Waals surface area contributed by atoms with Gasteiger partial charge < -0.3 is 9.80 Å². The van der Waals surface area contributed by atoms with Crippen molar-refractivity contribution in [2.45, 2.75) is 13.8 Å². The molecule has 0 aliphatic heterocycles. The second-order valence-corrected chi connectivity index (χ2v) is 4.19. The Morgan fingerprint density at radius 2 is 1.73 bits per heavy atom. The highest BCUT2D eigenvalue weighted by Crippen LogP contribution is 2.16. The van der Waals surface area contributed by atoms with E-state index in [0.29, 0.717) is 0 Å². The van der Waals surface area contributed by atoms with Crippen LogP contribution in [0.5, 0.6) is 0 Å². The first kappa shape index (κ1) is 13.4. The van der Waals surface area contributed by atoms with E-state index in [0.717, 1.165) is 0 Å². The first-order valence-corrected chi connectivity index (χ1v) is 4.59. The summed E-state index contributed by atoms with van der Waals surface area (Å²) >= 11 is 0. The van der Waals surface area contributed by atoms with Gasteiger partial charge in [-0.25, -0.2) is 0 Å². The molecule has 2 amide bonds. The summed E-state index contributed by atoms with van der Waals surface area (Å²) in [4.78, 5) is 25.7. The molecule has 0 spiro atoms. The van der Waals surface area contributed by atoms with Gasteiger partial charge in [0.05, 0.1) is 12.6 Å². The van der Waals surface area contributed by atoms with Crippen molar-refractivity contribution < 1.29 is 9.59 Å². The number of nitrogens with zero attached hydrogens (tertiary/aromatic N) is 3. The normalized spacial score (nSPS) is 10.4. The van der Waals surface area contributed by atoms with Crippen LogP contribution in [0.4, 0.5) is 0 Å². The van der Waals surface area contributed by atoms with Crippen molar-refractivity contribution in [3.63, 3.8) is 0 Å². The predicted octanol–water partition coefficient (Wildman–Crippen LogP) is 0.0828. The lowest BCUT2D eigenvalue weighted by molar-refractivity contribution is -0.141. The predicted molar refractivity (Wildman–Crippen MR) is 55.7 cm³/mol. The van der Waals surface area contributed by atoms with Gasteiger partial charge in [-0.1, -0.05) is 0 Å². The summed E-state index contributed by atoms with van der Waals surface area (Å²) in [7, 11) is 4.76. The molecule has 0 aliphatic rings. The average molecular weight is 211 g/mol. The van der Waals surface area contributed by atoms with Gasteiger partial charge in [-0.05, 0) is 13.8 Å². The Hall–Kier alpha value is -1.57. The van der Waals surface area contributed by atoms with Crippen molar-refractivity contribution in [3.8, 4) is 6.07 Å². The van der Waals surface area contributed by atoms with Crippen LogP contribution in [0, 0.1) is 16.7 Å². The molecule has 0 rings (SSSR count). The Kier molecular flexibility index (Phi) is 4.28. The molecule has 0 N–H and O–H groups in total. The molecule has 0 aromatic rings. The van der Waals surface area contributed by atoms with Crippen LogP contribution >= 0.6 is 0 Å². The lowest BCUT2D eigenvalue weighted by atomic mass is 9.94. The summed E-state index contributed by atoms with van der Waals surface area (Å²) in [5.74, 6) is -0.514. The Bertz CT molecular complexity index is 302. The molecule has 0 aliphatic carbocycles. The van der Waals surface area contributed by atoms with Crippen LogP contribution in [-0.2, 0) is 9.59 Å². The van der Waals surface area contributed by atoms with Gasteiger partial charge >= 0.3 is 0 Å². The molecule has 0 atom stereocenters. The first-order valence-electron chi connectivity index (χ1n) is 4.59. The van der Waals surface area contributed by atoms with Crippen LogP contribution in [0.25, 0.3) is 0 Å². The quantitative estimate of drug-likeness (QED) is 0.664. The van der Waals surface area contributed by atoms with E-state index < -0.39 is 5.41 Å². The van der Waals surface area contributed by atoms with E-state index >= 15 is 0 Å². The van der Waals surface area contributed by atoms with E-state index in [-0.39, 0.29) is 18.4 Å². The topological polar surface area (TPSA) is 64.4 Å². The third kappa shape index (κ3) is 3.58. The maximum atomic E-state index is 11.7. The number of hydrogen-bond donors (Lipinski definition) is 0. The van der Waals surface area contributed by atoms with E-state index in [1.165, 1.54) is 30.7 Å². The van der Waals surface area contributed by atoms with Crippen molar-refractivity contribution in [2.75, 3.05) is 27.7 Å². The second kappa shape index (κ2) is 4.78. The Morgan fingerprint density at radius 1 is 1.27 bits per heavy atom. The van der Waals surface area contributed by atoms with E-state index in [1.807, 2.05) is 6.07 Å². The molecule has 0 aromatic carbocycles. The van der Waals surface area contributed by atoms with Crippen LogP contribution in [0.3, 0.4) is 0 Å². The van der Waals surface area contributed by atoms with Gasteiger partial charge in [-0.2, -0.15) is 5.26 Å². The Labute approximate surface area is 90.3 Å². The van der Waals surface area contributed by atoms with Crippen molar-refractivity contribution >= 4 is 11.8 Å². The van der Waals surface area contributed by atoms with Gasteiger partial charge in [0.15, 0.2) is 0 Å². The summed E-state index contributed by atoms with van der Waals surface area (Å²) in [6, 6.07) is 1.91. The van der Waals surface area contributed by atoms with Crippen LogP contribution in [-0.4, -0.2) is 49.3 Å². The number of carbonyl (C=O) groups excluding carboxylic acids is 2. The third-order valence-corrected chi connectivity index (χ3v) is 2.03. The second-order valence-electron chi connectivity index (χ2n) is 4.19. The zero-order valence-electron chi connectivity index (χ0n) is 9.87. The molecule has 0 aromatic heterocycles. The number of likely N-dealkylation sites (N-methyl/N-ethyl adjacent to an activating group) is 2. The van der Waals surface area contributed by atoms with Crippen molar-refractivity contribution in [1.29, 1.82) is 5.26 Å². The largest absolute Gasteiger partial charge is 0.347 e. The third-order valence-electron chi connectivity index (χ3n) is 2.03. The molecule has 84 valence electrons. The molecule has 0 heterocycles. The fraction of sp³-hybridized carbons (Fsp3) is 0.700. The van der Waals surface area contributed by atoms with E-state index in [1.54, 1.807) is 14.1 Å². The van der Waals surface area contributed by atoms with Gasteiger partial charge in [0.2, 0.25) is 11.8 Å². The smallest absolute Gasteiger partial charge is 0.242 e. The number of carbonyl (C=O) groups is 2. The minimum atomic E-state index is -1.08. The standard InChI is InChI=1S/C10H17N3O2/c1-10(2,7-11)9(15)13(5)6-8(14)12(3)4/h6H2,1-5H3. The van der Waals surface area contributed by atoms with Crippen molar-refractivity contribution in [1.82, 2.24) is 9.80 Å². The summed E-state index contributed by atoms with van der Waals surface area (Å²) in [6.07, 6.45) is 0. The van der Waals surface area contributed by atoms with E-state index in [2.05, 4.69) is 0 Å². The fourth-order valence-corrected chi connectivity index (χ4v) is 0.941. The average Bonchev–Trinajstić information content (AvgIpc) is 2.16. The lowest BCUT2D eigenvalue weighted by Crippen LogP contribution is -2.43. The minimum absolute atomic E-state index is 0.00303. The number of nitriles is 1. The van der Waals surface area contributed by atoms with Gasteiger partial charge in [-0.3, -0.25) is 9.59 Å². The number of rotatable bonds is 3. The molecule has 0 radical (unpaired) electrons. The maximum absolute atomic E-state index is 11.7. The first-order chi connectivity index (χ1) is 6.72. The fourth-order valence-electron chi connectivity index (χ4n) is 0.941. The molecule has 0 saturated heterocycles. The molecule has 0 bridgehead atoms. The minimum Gasteiger partial charge on any atom is -0.347 e. The molecular weight excluding hydrogens is 194 g/mol. The van der Waals surface area contributed by atoms with Crippen molar-refractivity contribution in [3.05, 3.63) is 0 Å². The summed E-state index contributed by atoms with van der Waals surface area (Å²) in [6.45, 7) is 3.06. The number of amides is 2. The zero-order chi connectivity index (χ0) is 12.2. The van der Waals surface area contributed by atoms with E-state index in [9.17, 15) is 9.59 Å². The Balaban J connectivity index is 4.50. The molecule has 5 nitrogen and oxygen atoms in total. The molecular formula is C10H17N3O2.